The van der Waals surface area contributed by atoms with Gasteiger partial charge in [0.2, 0.25) is 0 Å². The first-order valence-corrected chi connectivity index (χ1v) is 7.32. The summed E-state index contributed by atoms with van der Waals surface area (Å²) in [5, 5.41) is 3.20. The van der Waals surface area contributed by atoms with Crippen LogP contribution in [0.1, 0.15) is 44.0 Å². The number of nitrogens with one attached hydrogen (secondary N) is 1. The highest BCUT2D eigenvalue weighted by atomic mass is 15.0. The van der Waals surface area contributed by atoms with Crippen molar-refractivity contribution in [3.63, 3.8) is 0 Å². The van der Waals surface area contributed by atoms with Gasteiger partial charge in [0.05, 0.1) is 5.69 Å². The second-order valence-corrected chi connectivity index (χ2v) is 5.03. The van der Waals surface area contributed by atoms with Crippen LogP contribution in [0.4, 0.5) is 5.82 Å². The van der Waals surface area contributed by atoms with E-state index in [9.17, 15) is 0 Å². The first kappa shape index (κ1) is 14.5. The van der Waals surface area contributed by atoms with E-state index < -0.39 is 0 Å². The molecule has 0 fully saturated rings. The molecule has 0 radical (unpaired) electrons. The molecule has 0 aliphatic carbocycles. The molecule has 20 heavy (non-hydrogen) atoms. The Labute approximate surface area is 121 Å². The number of benzene rings is 1. The number of nitrogens with zero attached hydrogens (tertiary/aromatic N) is 2. The molecule has 1 N–H and O–H groups in total. The Kier molecular flexibility index (Phi) is 4.72. The Hall–Kier alpha value is -1.90. The third-order valence-electron chi connectivity index (χ3n) is 3.80. The zero-order valence-electron chi connectivity index (χ0n) is 12.8. The van der Waals surface area contributed by atoms with Crippen molar-refractivity contribution in [1.29, 1.82) is 0 Å². The molecule has 0 aliphatic heterocycles. The predicted molar refractivity (Wildman–Crippen MR) is 85.1 cm³/mol. The molecule has 0 unspecified atom stereocenters. The van der Waals surface area contributed by atoms with E-state index in [-0.39, 0.29) is 0 Å². The minimum atomic E-state index is 0.421. The minimum absolute atomic E-state index is 0.421. The molecule has 1 aromatic heterocycles. The predicted octanol–water partition coefficient (Wildman–Crippen LogP) is 4.40. The maximum Gasteiger partial charge on any atom is 0.134 e. The van der Waals surface area contributed by atoms with Crippen LogP contribution in [0.2, 0.25) is 0 Å². The summed E-state index contributed by atoms with van der Waals surface area (Å²) >= 11 is 0. The van der Waals surface area contributed by atoms with Crippen LogP contribution in [-0.4, -0.2) is 17.0 Å². The second-order valence-electron chi connectivity index (χ2n) is 5.03. The molecule has 0 saturated heterocycles. The van der Waals surface area contributed by atoms with Crippen LogP contribution in [0.3, 0.4) is 0 Å². The molecule has 1 aromatic carbocycles. The summed E-state index contributed by atoms with van der Waals surface area (Å²) in [6.45, 7) is 6.46. The monoisotopic (exact) mass is 269 g/mol. The molecule has 0 aliphatic rings. The molecule has 106 valence electrons. The van der Waals surface area contributed by atoms with Gasteiger partial charge >= 0.3 is 0 Å². The number of hydrogen-bond acceptors (Lipinski definition) is 3. The molecule has 0 bridgehead atoms. The van der Waals surface area contributed by atoms with Crippen LogP contribution in [-0.2, 0) is 0 Å². The summed E-state index contributed by atoms with van der Waals surface area (Å²) < 4.78 is 0. The maximum absolute atomic E-state index is 4.84. The van der Waals surface area contributed by atoms with Crippen molar-refractivity contribution >= 4 is 5.82 Å². The average molecular weight is 269 g/mol. The summed E-state index contributed by atoms with van der Waals surface area (Å²) in [4.78, 5) is 9.54. The van der Waals surface area contributed by atoms with E-state index in [0.717, 1.165) is 41.3 Å². The molecule has 0 atom stereocenters. The lowest BCUT2D eigenvalue weighted by Gasteiger charge is -2.16. The van der Waals surface area contributed by atoms with Gasteiger partial charge in [0.25, 0.3) is 0 Å². The molecule has 3 heteroatoms. The molecule has 2 rings (SSSR count). The van der Waals surface area contributed by atoms with Crippen LogP contribution >= 0.6 is 0 Å². The van der Waals surface area contributed by atoms with E-state index in [1.165, 1.54) is 0 Å². The lowest BCUT2D eigenvalue weighted by Crippen LogP contribution is -2.09. The summed E-state index contributed by atoms with van der Waals surface area (Å²) in [5.41, 5.74) is 3.29. The number of aromatic nitrogens is 2. The van der Waals surface area contributed by atoms with Gasteiger partial charge in [-0.1, -0.05) is 44.2 Å². The molecular formula is C17H23N3. The van der Waals surface area contributed by atoms with Crippen LogP contribution in [0.25, 0.3) is 11.3 Å². The topological polar surface area (TPSA) is 37.8 Å². The maximum atomic E-state index is 4.84. The highest BCUT2D eigenvalue weighted by Crippen LogP contribution is 2.29. The van der Waals surface area contributed by atoms with Crippen molar-refractivity contribution < 1.29 is 0 Å². The average Bonchev–Trinajstić information content (AvgIpc) is 2.50. The standard InChI is InChI=1S/C17H23N3/c1-5-13(6-2)17-19-15(12(3)16(18-4)20-17)14-10-8-7-9-11-14/h7-11,13H,5-6H2,1-4H3,(H,18,19,20). The number of rotatable bonds is 5. The quantitative estimate of drug-likeness (QED) is 0.874. The molecule has 2 aromatic rings. The Bertz CT molecular complexity index is 560. The van der Waals surface area contributed by atoms with Crippen LogP contribution in [0.15, 0.2) is 30.3 Å². The lowest BCUT2D eigenvalue weighted by atomic mass is 10.0. The largest absolute Gasteiger partial charge is 0.373 e. The van der Waals surface area contributed by atoms with Crippen LogP contribution < -0.4 is 5.32 Å². The fourth-order valence-corrected chi connectivity index (χ4v) is 2.49. The van der Waals surface area contributed by atoms with E-state index in [2.05, 4.69) is 38.2 Å². The van der Waals surface area contributed by atoms with Gasteiger partial charge in [-0.15, -0.1) is 0 Å². The third kappa shape index (κ3) is 2.82. The van der Waals surface area contributed by atoms with E-state index in [0.29, 0.717) is 5.92 Å². The van der Waals surface area contributed by atoms with E-state index >= 15 is 0 Å². The number of hydrogen-bond donors (Lipinski definition) is 1. The Morgan fingerprint density at radius 3 is 2.25 bits per heavy atom. The van der Waals surface area contributed by atoms with Gasteiger partial charge in [0, 0.05) is 24.1 Å². The van der Waals surface area contributed by atoms with Gasteiger partial charge in [-0.3, -0.25) is 0 Å². The van der Waals surface area contributed by atoms with Crippen molar-refractivity contribution in [1.82, 2.24) is 9.97 Å². The first-order chi connectivity index (χ1) is 9.71. The van der Waals surface area contributed by atoms with Gasteiger partial charge in [0.1, 0.15) is 11.6 Å². The van der Waals surface area contributed by atoms with Crippen molar-refractivity contribution in [2.45, 2.75) is 39.5 Å². The minimum Gasteiger partial charge on any atom is -0.373 e. The van der Waals surface area contributed by atoms with Crippen LogP contribution in [0, 0.1) is 6.92 Å². The molecule has 1 heterocycles. The van der Waals surface area contributed by atoms with Gasteiger partial charge in [-0.2, -0.15) is 0 Å². The van der Waals surface area contributed by atoms with Gasteiger partial charge in [-0.25, -0.2) is 9.97 Å². The Morgan fingerprint density at radius 1 is 1.05 bits per heavy atom. The lowest BCUT2D eigenvalue weighted by molar-refractivity contribution is 0.602. The Balaban J connectivity index is 2.58. The summed E-state index contributed by atoms with van der Waals surface area (Å²) in [6, 6.07) is 10.3. The molecule has 3 nitrogen and oxygen atoms in total. The zero-order chi connectivity index (χ0) is 14.5. The van der Waals surface area contributed by atoms with Gasteiger partial charge in [-0.05, 0) is 19.8 Å². The highest BCUT2D eigenvalue weighted by Gasteiger charge is 2.16. The Morgan fingerprint density at radius 2 is 1.70 bits per heavy atom. The normalized spacial score (nSPS) is 10.8. The molecule has 0 saturated carbocycles. The van der Waals surface area contributed by atoms with E-state index in [1.54, 1.807) is 0 Å². The van der Waals surface area contributed by atoms with Crippen molar-refractivity contribution in [3.8, 4) is 11.3 Å². The molecule has 0 spiro atoms. The molecule has 0 amide bonds. The summed E-state index contributed by atoms with van der Waals surface area (Å²) in [5.74, 6) is 2.30. The summed E-state index contributed by atoms with van der Waals surface area (Å²) in [6.07, 6.45) is 2.13. The van der Waals surface area contributed by atoms with Crippen LogP contribution in [0.5, 0.6) is 0 Å². The van der Waals surface area contributed by atoms with Crippen molar-refractivity contribution in [3.05, 3.63) is 41.7 Å². The van der Waals surface area contributed by atoms with Crippen molar-refractivity contribution in [2.75, 3.05) is 12.4 Å². The van der Waals surface area contributed by atoms with Gasteiger partial charge in [0.15, 0.2) is 0 Å². The SMILES string of the molecule is CCC(CC)c1nc(NC)c(C)c(-c2ccccc2)n1. The summed E-state index contributed by atoms with van der Waals surface area (Å²) in [7, 11) is 1.92. The zero-order valence-corrected chi connectivity index (χ0v) is 12.8. The smallest absolute Gasteiger partial charge is 0.134 e. The number of anilines is 1. The van der Waals surface area contributed by atoms with E-state index in [1.807, 2.05) is 25.2 Å². The van der Waals surface area contributed by atoms with E-state index in [4.69, 9.17) is 9.97 Å². The fourth-order valence-electron chi connectivity index (χ4n) is 2.49. The first-order valence-electron chi connectivity index (χ1n) is 7.32. The third-order valence-corrected chi connectivity index (χ3v) is 3.80. The molecular weight excluding hydrogens is 246 g/mol. The van der Waals surface area contributed by atoms with Gasteiger partial charge < -0.3 is 5.32 Å². The highest BCUT2D eigenvalue weighted by molar-refractivity contribution is 5.68. The van der Waals surface area contributed by atoms with Crippen molar-refractivity contribution in [2.24, 2.45) is 0 Å². The fraction of sp³-hybridized carbons (Fsp3) is 0.412. The second kappa shape index (κ2) is 6.51.